The van der Waals surface area contributed by atoms with E-state index >= 15 is 0 Å². The second-order valence-corrected chi connectivity index (χ2v) is 14.3. The monoisotopic (exact) mass is 729 g/mol. The van der Waals surface area contributed by atoms with Crippen LogP contribution in [0.5, 0.6) is 0 Å². The van der Waals surface area contributed by atoms with Crippen molar-refractivity contribution in [2.24, 2.45) is 0 Å². The van der Waals surface area contributed by atoms with Crippen molar-refractivity contribution in [2.75, 3.05) is 0 Å². The Morgan fingerprint density at radius 3 is 1.33 bits per heavy atom. The van der Waals surface area contributed by atoms with Gasteiger partial charge >= 0.3 is 0 Å². The van der Waals surface area contributed by atoms with Crippen LogP contribution in [0.4, 0.5) is 0 Å². The molecular weight excluding hydrogens is 699 g/mol. The van der Waals surface area contributed by atoms with Crippen LogP contribution in [0.1, 0.15) is 0 Å². The minimum Gasteiger partial charge on any atom is -0.278 e. The van der Waals surface area contributed by atoms with Gasteiger partial charge in [-0.1, -0.05) is 140 Å². The lowest BCUT2D eigenvalue weighted by Crippen LogP contribution is -2.13. The number of hydrogen-bond donors (Lipinski definition) is 0. The first kappa shape index (κ1) is 31.5. The standard InChI is InChI=1S/C50H31N7/c1-2-15-32(16-3-1)33-17-12-18-34(31-33)35-23-13-24-40-41-25-14-30-51-47(41)57(46(35)40)50-53-48(55-42-26-8-4-19-36(42)37-20-5-9-27-43(37)55)52-49(54-50)56-44-28-10-6-21-38(44)39-22-7-11-29-45(39)56/h1-31H. The van der Waals surface area contributed by atoms with Crippen LogP contribution in [0, 0.1) is 0 Å². The van der Waals surface area contributed by atoms with Gasteiger partial charge in [0.1, 0.15) is 5.65 Å². The Kier molecular flexibility index (Phi) is 6.79. The first-order chi connectivity index (χ1) is 28.3. The fourth-order valence-corrected chi connectivity index (χ4v) is 8.74. The zero-order chi connectivity index (χ0) is 37.5. The number of fused-ring (bicyclic) bond motifs is 9. The van der Waals surface area contributed by atoms with Gasteiger partial charge in [-0.2, -0.15) is 15.0 Å². The number of nitrogens with zero attached hydrogens (tertiary/aromatic N) is 7. The molecule has 0 bridgehead atoms. The lowest BCUT2D eigenvalue weighted by molar-refractivity contribution is 0.845. The third kappa shape index (κ3) is 4.72. The molecule has 0 radical (unpaired) electrons. The van der Waals surface area contributed by atoms with Crippen molar-refractivity contribution in [3.8, 4) is 40.1 Å². The Balaban J connectivity index is 1.22. The van der Waals surface area contributed by atoms with E-state index in [1.165, 1.54) is 0 Å². The maximum Gasteiger partial charge on any atom is 0.242 e. The Morgan fingerprint density at radius 1 is 0.316 bits per heavy atom. The Bertz CT molecular complexity index is 3300. The lowest BCUT2D eigenvalue weighted by atomic mass is 9.97. The number of para-hydroxylation sites is 5. The van der Waals surface area contributed by atoms with Gasteiger partial charge in [0.15, 0.2) is 0 Å². The van der Waals surface area contributed by atoms with Crippen molar-refractivity contribution in [3.63, 3.8) is 0 Å². The van der Waals surface area contributed by atoms with E-state index in [0.717, 1.165) is 87.8 Å². The van der Waals surface area contributed by atoms with Crippen molar-refractivity contribution in [1.82, 2.24) is 33.6 Å². The molecule has 0 saturated carbocycles. The molecule has 0 saturated heterocycles. The quantitative estimate of drug-likeness (QED) is 0.177. The third-order valence-corrected chi connectivity index (χ3v) is 11.2. The second kappa shape index (κ2) is 12.3. The number of benzene rings is 7. The fourth-order valence-electron chi connectivity index (χ4n) is 8.74. The largest absolute Gasteiger partial charge is 0.278 e. The summed E-state index contributed by atoms with van der Waals surface area (Å²) >= 11 is 0. The van der Waals surface area contributed by atoms with Crippen LogP contribution in [0.15, 0.2) is 188 Å². The number of rotatable bonds is 5. The second-order valence-electron chi connectivity index (χ2n) is 14.3. The maximum absolute atomic E-state index is 5.44. The van der Waals surface area contributed by atoms with E-state index in [1.54, 1.807) is 0 Å². The molecule has 7 heteroatoms. The molecular formula is C50H31N7. The highest BCUT2D eigenvalue weighted by atomic mass is 15.3. The summed E-state index contributed by atoms with van der Waals surface area (Å²) in [5, 5.41) is 6.61. The van der Waals surface area contributed by atoms with Gasteiger partial charge in [-0.15, -0.1) is 0 Å². The normalized spacial score (nSPS) is 11.9. The molecule has 0 N–H and O–H groups in total. The summed E-state index contributed by atoms with van der Waals surface area (Å²) in [6.45, 7) is 0. The van der Waals surface area contributed by atoms with Gasteiger partial charge in [0.05, 0.1) is 27.6 Å². The summed E-state index contributed by atoms with van der Waals surface area (Å²) in [4.78, 5) is 21.3. The van der Waals surface area contributed by atoms with Crippen LogP contribution in [-0.2, 0) is 0 Å². The molecule has 0 aliphatic rings. The molecule has 0 fully saturated rings. The number of pyridine rings is 1. The third-order valence-electron chi connectivity index (χ3n) is 11.2. The minimum atomic E-state index is 0.476. The summed E-state index contributed by atoms with van der Waals surface area (Å²) in [7, 11) is 0. The van der Waals surface area contributed by atoms with Gasteiger partial charge in [-0.3, -0.25) is 13.7 Å². The summed E-state index contributed by atoms with van der Waals surface area (Å²) in [6.07, 6.45) is 1.84. The molecule has 5 heterocycles. The van der Waals surface area contributed by atoms with Gasteiger partial charge in [0, 0.05) is 44.1 Å². The van der Waals surface area contributed by atoms with Crippen LogP contribution in [0.2, 0.25) is 0 Å². The minimum absolute atomic E-state index is 0.476. The van der Waals surface area contributed by atoms with E-state index in [0.29, 0.717) is 17.8 Å². The molecule has 5 aromatic heterocycles. The average Bonchev–Trinajstić information content (AvgIpc) is 3.93. The van der Waals surface area contributed by atoms with E-state index in [2.05, 4.69) is 190 Å². The van der Waals surface area contributed by atoms with Crippen molar-refractivity contribution in [1.29, 1.82) is 0 Å². The van der Waals surface area contributed by atoms with Crippen molar-refractivity contribution < 1.29 is 0 Å². The Labute approximate surface area is 326 Å². The van der Waals surface area contributed by atoms with Crippen LogP contribution in [0.25, 0.3) is 106 Å². The topological polar surface area (TPSA) is 66.3 Å². The van der Waals surface area contributed by atoms with Crippen molar-refractivity contribution in [2.45, 2.75) is 0 Å². The van der Waals surface area contributed by atoms with E-state index in [9.17, 15) is 0 Å². The molecule has 12 aromatic rings. The van der Waals surface area contributed by atoms with Crippen LogP contribution >= 0.6 is 0 Å². The molecule has 0 spiro atoms. The molecule has 0 atom stereocenters. The van der Waals surface area contributed by atoms with Gasteiger partial charge in [-0.05, 0) is 59.2 Å². The SMILES string of the molecule is c1ccc(-c2cccc(-c3cccc4c5cccnc5n(-c5nc(-n6c7ccccc7c7ccccc76)nc(-n6c7ccccc7c7ccccc76)n5)c34)c2)cc1. The maximum atomic E-state index is 5.44. The lowest BCUT2D eigenvalue weighted by Gasteiger charge is -2.15. The molecule has 0 amide bonds. The van der Waals surface area contributed by atoms with E-state index in [4.69, 9.17) is 19.9 Å². The van der Waals surface area contributed by atoms with Crippen LogP contribution < -0.4 is 0 Å². The van der Waals surface area contributed by atoms with E-state index in [-0.39, 0.29) is 0 Å². The zero-order valence-corrected chi connectivity index (χ0v) is 30.5. The van der Waals surface area contributed by atoms with E-state index < -0.39 is 0 Å². The summed E-state index contributed by atoms with van der Waals surface area (Å²) in [6, 6.07) is 63.7. The molecule has 0 unspecified atom stereocenters. The zero-order valence-electron chi connectivity index (χ0n) is 30.5. The molecule has 7 aromatic carbocycles. The smallest absolute Gasteiger partial charge is 0.242 e. The molecule has 7 nitrogen and oxygen atoms in total. The number of aromatic nitrogens is 7. The number of hydrogen-bond acceptors (Lipinski definition) is 4. The van der Waals surface area contributed by atoms with Crippen LogP contribution in [-0.4, -0.2) is 33.6 Å². The summed E-state index contributed by atoms with van der Waals surface area (Å²) < 4.78 is 6.46. The highest BCUT2D eigenvalue weighted by Crippen LogP contribution is 2.39. The summed E-state index contributed by atoms with van der Waals surface area (Å²) in [5.74, 6) is 1.51. The average molecular weight is 730 g/mol. The highest BCUT2D eigenvalue weighted by molar-refractivity contribution is 6.13. The molecule has 12 rings (SSSR count). The fraction of sp³-hybridized carbons (Fsp3) is 0. The first-order valence-corrected chi connectivity index (χ1v) is 19.1. The van der Waals surface area contributed by atoms with Crippen molar-refractivity contribution >= 4 is 65.5 Å². The first-order valence-electron chi connectivity index (χ1n) is 19.1. The summed E-state index contributed by atoms with van der Waals surface area (Å²) in [5.41, 5.74) is 10.3. The Morgan fingerprint density at radius 2 is 0.754 bits per heavy atom. The predicted octanol–water partition coefficient (Wildman–Crippen LogP) is 11.9. The van der Waals surface area contributed by atoms with Gasteiger partial charge in [0.2, 0.25) is 17.8 Å². The predicted molar refractivity (Wildman–Crippen MR) is 232 cm³/mol. The van der Waals surface area contributed by atoms with Crippen LogP contribution in [0.3, 0.4) is 0 Å². The molecule has 0 aliphatic heterocycles. The Hall–Kier alpha value is -7.90. The van der Waals surface area contributed by atoms with Crippen molar-refractivity contribution in [3.05, 3.63) is 188 Å². The van der Waals surface area contributed by atoms with Gasteiger partial charge < -0.3 is 0 Å². The van der Waals surface area contributed by atoms with Gasteiger partial charge in [0.25, 0.3) is 0 Å². The molecule has 57 heavy (non-hydrogen) atoms. The highest BCUT2D eigenvalue weighted by Gasteiger charge is 2.24. The molecule has 0 aliphatic carbocycles. The molecule has 266 valence electrons. The van der Waals surface area contributed by atoms with E-state index in [1.807, 2.05) is 12.3 Å². The van der Waals surface area contributed by atoms with Gasteiger partial charge in [-0.25, -0.2) is 4.98 Å².